The Labute approximate surface area is 112 Å². The number of rotatable bonds is 3. The molecule has 0 radical (unpaired) electrons. The molecule has 16 heavy (non-hydrogen) atoms. The molecule has 0 aromatic carbocycles. The first-order chi connectivity index (χ1) is 7.11. The second kappa shape index (κ2) is 4.83. The summed E-state index contributed by atoms with van der Waals surface area (Å²) in [7, 11) is -3.89. The maximum absolute atomic E-state index is 11.2. The molecule has 0 atom stereocenters. The first-order valence-electron chi connectivity index (χ1n) is 3.80. The molecule has 92 valence electrons. The van der Waals surface area contributed by atoms with Crippen molar-refractivity contribution in [2.75, 3.05) is 6.61 Å². The summed E-state index contributed by atoms with van der Waals surface area (Å²) in [6.45, 7) is 1.21. The highest BCUT2D eigenvalue weighted by atomic mass is 35.6. The standard InChI is InChI=1S/C6H7Cl3N2O3S2/c1-3-4(16(10,12)13)5(15-11-3)14-2-6(7,8)9/h2H2,1H3,(H2,10,12,13). The molecule has 1 rings (SSSR count). The lowest BCUT2D eigenvalue weighted by Gasteiger charge is -2.11. The van der Waals surface area contributed by atoms with Gasteiger partial charge in [0.05, 0.1) is 5.69 Å². The molecule has 0 amide bonds. The zero-order valence-corrected chi connectivity index (χ0v) is 11.8. The van der Waals surface area contributed by atoms with Crippen LogP contribution in [0.25, 0.3) is 0 Å². The van der Waals surface area contributed by atoms with Gasteiger partial charge < -0.3 is 4.74 Å². The number of nitrogens with zero attached hydrogens (tertiary/aromatic N) is 1. The number of halogens is 3. The van der Waals surface area contributed by atoms with Crippen LogP contribution in [-0.4, -0.2) is 23.2 Å². The first kappa shape index (κ1) is 14.3. The minimum atomic E-state index is -3.89. The summed E-state index contributed by atoms with van der Waals surface area (Å²) in [5.41, 5.74) is 0.256. The summed E-state index contributed by atoms with van der Waals surface area (Å²) in [5.74, 6) is 0. The van der Waals surface area contributed by atoms with Gasteiger partial charge >= 0.3 is 0 Å². The fourth-order valence-corrected chi connectivity index (χ4v) is 2.99. The van der Waals surface area contributed by atoms with E-state index >= 15 is 0 Å². The largest absolute Gasteiger partial charge is 0.477 e. The van der Waals surface area contributed by atoms with Gasteiger partial charge in [-0.15, -0.1) is 0 Å². The lowest BCUT2D eigenvalue weighted by Crippen LogP contribution is -2.18. The number of ether oxygens (including phenoxy) is 1. The van der Waals surface area contributed by atoms with E-state index in [2.05, 4.69) is 4.37 Å². The van der Waals surface area contributed by atoms with Crippen LogP contribution < -0.4 is 9.88 Å². The Balaban J connectivity index is 2.99. The normalized spacial score (nSPS) is 12.8. The molecule has 0 fully saturated rings. The molecule has 5 nitrogen and oxygen atoms in total. The van der Waals surface area contributed by atoms with Crippen LogP contribution in [0.15, 0.2) is 4.90 Å². The predicted molar refractivity (Wildman–Crippen MR) is 64.0 cm³/mol. The number of alkyl halides is 3. The van der Waals surface area contributed by atoms with Crippen molar-refractivity contribution in [2.45, 2.75) is 15.6 Å². The maximum Gasteiger partial charge on any atom is 0.244 e. The van der Waals surface area contributed by atoms with Crippen molar-refractivity contribution in [3.63, 3.8) is 0 Å². The summed E-state index contributed by atoms with van der Waals surface area (Å²) in [6.07, 6.45) is 0. The molecule has 0 unspecified atom stereocenters. The third-order valence-electron chi connectivity index (χ3n) is 1.43. The molecule has 1 aromatic heterocycles. The van der Waals surface area contributed by atoms with Crippen molar-refractivity contribution in [3.8, 4) is 5.06 Å². The Morgan fingerprint density at radius 1 is 1.50 bits per heavy atom. The number of aryl methyl sites for hydroxylation is 1. The van der Waals surface area contributed by atoms with Crippen molar-refractivity contribution in [1.29, 1.82) is 0 Å². The summed E-state index contributed by atoms with van der Waals surface area (Å²) < 4.78 is 29.7. The number of nitrogens with two attached hydrogens (primary N) is 1. The number of primary sulfonamides is 1. The van der Waals surface area contributed by atoms with Gasteiger partial charge in [0.2, 0.25) is 18.9 Å². The monoisotopic (exact) mass is 324 g/mol. The summed E-state index contributed by atoms with van der Waals surface area (Å²) in [5, 5.41) is 5.02. The molecule has 0 aliphatic carbocycles. The van der Waals surface area contributed by atoms with E-state index in [1.54, 1.807) is 0 Å². The fraction of sp³-hybridized carbons (Fsp3) is 0.500. The first-order valence-corrected chi connectivity index (χ1v) is 7.25. The molecule has 1 aromatic rings. The van der Waals surface area contributed by atoms with Gasteiger partial charge in [0.1, 0.15) is 6.61 Å². The summed E-state index contributed by atoms with van der Waals surface area (Å²) in [4.78, 5) is -0.174. The number of sulfonamides is 1. The van der Waals surface area contributed by atoms with Crippen LogP contribution in [0.4, 0.5) is 0 Å². The smallest absolute Gasteiger partial charge is 0.244 e. The Morgan fingerprint density at radius 2 is 2.06 bits per heavy atom. The second-order valence-corrected chi connectivity index (χ2v) is 7.58. The molecule has 0 bridgehead atoms. The minimum absolute atomic E-state index is 0.0197. The highest BCUT2D eigenvalue weighted by Crippen LogP contribution is 2.33. The van der Waals surface area contributed by atoms with Crippen LogP contribution >= 0.6 is 46.3 Å². The number of aromatic nitrogens is 1. The molecule has 0 saturated heterocycles. The van der Waals surface area contributed by atoms with Crippen molar-refractivity contribution in [1.82, 2.24) is 4.37 Å². The highest BCUT2D eigenvalue weighted by molar-refractivity contribution is 7.89. The van der Waals surface area contributed by atoms with Crippen LogP contribution in [-0.2, 0) is 10.0 Å². The van der Waals surface area contributed by atoms with E-state index in [0.717, 1.165) is 11.5 Å². The zero-order valence-electron chi connectivity index (χ0n) is 7.91. The quantitative estimate of drug-likeness (QED) is 0.860. The topological polar surface area (TPSA) is 82.3 Å². The van der Waals surface area contributed by atoms with Crippen molar-refractivity contribution >= 4 is 56.4 Å². The van der Waals surface area contributed by atoms with Gasteiger partial charge in [0, 0.05) is 11.5 Å². The Morgan fingerprint density at radius 3 is 2.50 bits per heavy atom. The lowest BCUT2D eigenvalue weighted by molar-refractivity contribution is 0.327. The average molecular weight is 326 g/mol. The molecule has 1 heterocycles. The number of hydrogen-bond donors (Lipinski definition) is 1. The summed E-state index contributed by atoms with van der Waals surface area (Å²) >= 11 is 17.2. The highest BCUT2D eigenvalue weighted by Gasteiger charge is 2.26. The van der Waals surface area contributed by atoms with Gasteiger partial charge in [-0.25, -0.2) is 13.6 Å². The third kappa shape index (κ3) is 3.90. The molecular weight excluding hydrogens is 319 g/mol. The van der Waals surface area contributed by atoms with Gasteiger partial charge in [0.25, 0.3) is 0 Å². The van der Waals surface area contributed by atoms with E-state index < -0.39 is 13.8 Å². The zero-order chi connectivity index (χ0) is 12.6. The van der Waals surface area contributed by atoms with Crippen LogP contribution in [0, 0.1) is 6.92 Å². The van der Waals surface area contributed by atoms with Crippen LogP contribution in [0.1, 0.15) is 5.69 Å². The van der Waals surface area contributed by atoms with E-state index in [1.165, 1.54) is 6.92 Å². The fourth-order valence-electron chi connectivity index (χ4n) is 0.902. The van der Waals surface area contributed by atoms with Crippen LogP contribution in [0.2, 0.25) is 0 Å². The van der Waals surface area contributed by atoms with Crippen LogP contribution in [0.5, 0.6) is 5.06 Å². The van der Waals surface area contributed by atoms with Crippen LogP contribution in [0.3, 0.4) is 0 Å². The van der Waals surface area contributed by atoms with Gasteiger partial charge in [-0.2, -0.15) is 4.37 Å². The van der Waals surface area contributed by atoms with Gasteiger partial charge in [-0.3, -0.25) is 0 Å². The van der Waals surface area contributed by atoms with Crippen molar-refractivity contribution in [2.24, 2.45) is 5.14 Å². The average Bonchev–Trinajstić information content (AvgIpc) is 2.41. The molecule has 2 N–H and O–H groups in total. The van der Waals surface area contributed by atoms with Crippen molar-refractivity contribution in [3.05, 3.63) is 5.69 Å². The molecule has 0 saturated carbocycles. The molecule has 0 aliphatic heterocycles. The van der Waals surface area contributed by atoms with Gasteiger partial charge in [-0.1, -0.05) is 34.8 Å². The third-order valence-corrected chi connectivity index (χ3v) is 3.79. The van der Waals surface area contributed by atoms with Gasteiger partial charge in [0.15, 0.2) is 4.90 Å². The Hall–Kier alpha value is 0.210. The molecule has 0 aliphatic rings. The minimum Gasteiger partial charge on any atom is -0.477 e. The van der Waals surface area contributed by atoms with E-state index in [4.69, 9.17) is 44.7 Å². The van der Waals surface area contributed by atoms with Gasteiger partial charge in [-0.05, 0) is 6.92 Å². The Bertz CT molecular complexity index is 480. The lowest BCUT2D eigenvalue weighted by atomic mass is 10.5. The van der Waals surface area contributed by atoms with Crippen molar-refractivity contribution < 1.29 is 13.2 Å². The molecular formula is C6H7Cl3N2O3S2. The molecule has 10 heteroatoms. The summed E-state index contributed by atoms with van der Waals surface area (Å²) in [6, 6.07) is 0. The SMILES string of the molecule is Cc1nsc(OCC(Cl)(Cl)Cl)c1S(N)(=O)=O. The predicted octanol–water partition coefficient (Wildman–Crippen LogP) is 1.85. The maximum atomic E-state index is 11.2. The molecule has 0 spiro atoms. The Kier molecular flexibility index (Phi) is 4.31. The van der Waals surface area contributed by atoms with E-state index in [1.807, 2.05) is 0 Å². The second-order valence-electron chi connectivity index (χ2n) is 2.83. The number of hydrogen-bond acceptors (Lipinski definition) is 5. The van der Waals surface area contributed by atoms with E-state index in [0.29, 0.717) is 0 Å². The van der Waals surface area contributed by atoms with E-state index in [9.17, 15) is 8.42 Å². The van der Waals surface area contributed by atoms with E-state index in [-0.39, 0.29) is 22.3 Å².